The lowest BCUT2D eigenvalue weighted by Gasteiger charge is -2.13. The van der Waals surface area contributed by atoms with Gasteiger partial charge in [0.2, 0.25) is 15.9 Å². The maximum absolute atomic E-state index is 11.7. The summed E-state index contributed by atoms with van der Waals surface area (Å²) in [4.78, 5) is 11.5. The second kappa shape index (κ2) is 7.59. The quantitative estimate of drug-likeness (QED) is 0.644. The van der Waals surface area contributed by atoms with Gasteiger partial charge in [0.05, 0.1) is 12.6 Å². The minimum Gasteiger partial charge on any atom is -0.394 e. The van der Waals surface area contributed by atoms with E-state index in [2.05, 4.69) is 10.0 Å². The van der Waals surface area contributed by atoms with Gasteiger partial charge in [-0.2, -0.15) is 0 Å². The van der Waals surface area contributed by atoms with Crippen LogP contribution in [0.1, 0.15) is 19.8 Å². The molecule has 0 radical (unpaired) electrons. The van der Waals surface area contributed by atoms with Gasteiger partial charge in [0.1, 0.15) is 4.21 Å². The number of carbonyl (C=O) groups excluding carboxylic acids is 1. The maximum Gasteiger partial charge on any atom is 0.250 e. The van der Waals surface area contributed by atoms with Crippen LogP contribution in [0.15, 0.2) is 21.7 Å². The zero-order valence-electron chi connectivity index (χ0n) is 10.6. The molecule has 19 heavy (non-hydrogen) atoms. The summed E-state index contributed by atoms with van der Waals surface area (Å²) >= 11 is 1.12. The van der Waals surface area contributed by atoms with E-state index in [4.69, 9.17) is 5.11 Å². The molecule has 1 rings (SSSR count). The van der Waals surface area contributed by atoms with E-state index in [-0.39, 0.29) is 35.7 Å². The van der Waals surface area contributed by atoms with Crippen LogP contribution in [-0.4, -0.2) is 38.6 Å². The van der Waals surface area contributed by atoms with E-state index in [0.717, 1.165) is 11.3 Å². The molecule has 0 fully saturated rings. The first kappa shape index (κ1) is 16.1. The van der Waals surface area contributed by atoms with Gasteiger partial charge in [-0.1, -0.05) is 13.0 Å². The summed E-state index contributed by atoms with van der Waals surface area (Å²) in [6, 6.07) is 2.88. The van der Waals surface area contributed by atoms with Gasteiger partial charge in [-0.05, 0) is 17.9 Å². The van der Waals surface area contributed by atoms with E-state index in [1.165, 1.54) is 6.07 Å². The molecule has 0 unspecified atom stereocenters. The molecule has 0 aliphatic heterocycles. The van der Waals surface area contributed by atoms with Crippen LogP contribution in [0.2, 0.25) is 0 Å². The minimum absolute atomic E-state index is 0.0356. The zero-order valence-corrected chi connectivity index (χ0v) is 12.3. The van der Waals surface area contributed by atoms with Crippen molar-refractivity contribution in [3.63, 3.8) is 0 Å². The molecule has 1 heterocycles. The molecule has 108 valence electrons. The third kappa shape index (κ3) is 5.27. The number of rotatable bonds is 8. The van der Waals surface area contributed by atoms with Gasteiger partial charge >= 0.3 is 0 Å². The third-order valence-corrected chi connectivity index (χ3v) is 5.34. The average molecular weight is 306 g/mol. The van der Waals surface area contributed by atoms with Crippen molar-refractivity contribution < 1.29 is 18.3 Å². The standard InChI is InChI=1S/C11H18N2O4S2/c1-2-9(8-14)13-10(15)5-6-12-19(16,17)11-4-3-7-18-11/h3-4,7,9,12,14H,2,5-6,8H2,1H3,(H,13,15)/t9-/m1/s1. The number of carbonyl (C=O) groups is 1. The van der Waals surface area contributed by atoms with Gasteiger partial charge < -0.3 is 10.4 Å². The Balaban J connectivity index is 2.36. The van der Waals surface area contributed by atoms with E-state index in [1.807, 2.05) is 6.92 Å². The topological polar surface area (TPSA) is 95.5 Å². The molecule has 0 aliphatic rings. The molecule has 0 saturated heterocycles. The molecule has 8 heteroatoms. The van der Waals surface area contributed by atoms with E-state index in [1.54, 1.807) is 11.4 Å². The smallest absolute Gasteiger partial charge is 0.250 e. The highest BCUT2D eigenvalue weighted by molar-refractivity contribution is 7.91. The minimum atomic E-state index is -3.51. The lowest BCUT2D eigenvalue weighted by atomic mass is 10.2. The lowest BCUT2D eigenvalue weighted by Crippen LogP contribution is -2.38. The Morgan fingerprint density at radius 2 is 2.26 bits per heavy atom. The van der Waals surface area contributed by atoms with Crippen LogP contribution in [0.4, 0.5) is 0 Å². The Hall–Kier alpha value is -0.960. The fraction of sp³-hybridized carbons (Fsp3) is 0.545. The number of aliphatic hydroxyl groups is 1. The van der Waals surface area contributed by atoms with Gasteiger partial charge in [-0.25, -0.2) is 13.1 Å². The van der Waals surface area contributed by atoms with Crippen LogP contribution in [0, 0.1) is 0 Å². The van der Waals surface area contributed by atoms with Crippen molar-refractivity contribution in [1.29, 1.82) is 0 Å². The van der Waals surface area contributed by atoms with Gasteiger partial charge in [0.25, 0.3) is 0 Å². The number of aliphatic hydroxyl groups excluding tert-OH is 1. The van der Waals surface area contributed by atoms with E-state index in [0.29, 0.717) is 6.42 Å². The fourth-order valence-electron chi connectivity index (χ4n) is 1.36. The fourth-order valence-corrected chi connectivity index (χ4v) is 3.43. The van der Waals surface area contributed by atoms with Crippen molar-refractivity contribution in [1.82, 2.24) is 10.0 Å². The average Bonchev–Trinajstić information content (AvgIpc) is 2.90. The number of amides is 1. The molecule has 0 saturated carbocycles. The number of sulfonamides is 1. The molecule has 0 spiro atoms. The van der Waals surface area contributed by atoms with Crippen molar-refractivity contribution in [2.75, 3.05) is 13.2 Å². The molecular weight excluding hydrogens is 288 g/mol. The summed E-state index contributed by atoms with van der Waals surface area (Å²) < 4.78 is 26.1. The summed E-state index contributed by atoms with van der Waals surface area (Å²) in [5.74, 6) is -0.283. The first-order valence-corrected chi connectivity index (χ1v) is 8.29. The molecular formula is C11H18N2O4S2. The summed E-state index contributed by atoms with van der Waals surface area (Å²) in [5.41, 5.74) is 0. The highest BCUT2D eigenvalue weighted by Crippen LogP contribution is 2.14. The maximum atomic E-state index is 11.7. The van der Waals surface area contributed by atoms with Crippen LogP contribution in [-0.2, 0) is 14.8 Å². The van der Waals surface area contributed by atoms with Crippen LogP contribution in [0.25, 0.3) is 0 Å². The Morgan fingerprint density at radius 1 is 1.53 bits per heavy atom. The number of thiophene rings is 1. The molecule has 3 N–H and O–H groups in total. The van der Waals surface area contributed by atoms with Crippen molar-refractivity contribution >= 4 is 27.3 Å². The summed E-state index contributed by atoms with van der Waals surface area (Å²) in [7, 11) is -3.51. The monoisotopic (exact) mass is 306 g/mol. The largest absolute Gasteiger partial charge is 0.394 e. The van der Waals surface area contributed by atoms with Gasteiger partial charge in [-0.3, -0.25) is 4.79 Å². The van der Waals surface area contributed by atoms with Crippen LogP contribution >= 0.6 is 11.3 Å². The van der Waals surface area contributed by atoms with Crippen molar-refractivity contribution in [3.05, 3.63) is 17.5 Å². The molecule has 1 aromatic rings. The van der Waals surface area contributed by atoms with Crippen LogP contribution in [0.5, 0.6) is 0 Å². The van der Waals surface area contributed by atoms with E-state index >= 15 is 0 Å². The molecule has 0 aromatic carbocycles. The number of hydrogen-bond donors (Lipinski definition) is 3. The first-order valence-electron chi connectivity index (χ1n) is 5.93. The van der Waals surface area contributed by atoms with Crippen LogP contribution in [0.3, 0.4) is 0 Å². The summed E-state index contributed by atoms with van der Waals surface area (Å²) in [6.07, 6.45) is 0.671. The molecule has 0 aliphatic carbocycles. The lowest BCUT2D eigenvalue weighted by molar-refractivity contribution is -0.121. The number of hydrogen-bond acceptors (Lipinski definition) is 5. The molecule has 1 aromatic heterocycles. The molecule has 1 atom stereocenters. The van der Waals surface area contributed by atoms with Crippen molar-refractivity contribution in [2.45, 2.75) is 30.0 Å². The zero-order chi connectivity index (χ0) is 14.3. The van der Waals surface area contributed by atoms with Gasteiger partial charge in [-0.15, -0.1) is 11.3 Å². The SMILES string of the molecule is CC[C@H](CO)NC(=O)CCNS(=O)(=O)c1cccs1. The highest BCUT2D eigenvalue weighted by Gasteiger charge is 2.15. The Morgan fingerprint density at radius 3 is 2.79 bits per heavy atom. The highest BCUT2D eigenvalue weighted by atomic mass is 32.2. The van der Waals surface area contributed by atoms with Gasteiger partial charge in [0.15, 0.2) is 0 Å². The van der Waals surface area contributed by atoms with Crippen molar-refractivity contribution in [3.8, 4) is 0 Å². The predicted octanol–water partition coefficient (Wildman–Crippen LogP) is 0.304. The summed E-state index contributed by atoms with van der Waals surface area (Å²) in [5, 5.41) is 13.2. The second-order valence-corrected chi connectivity index (χ2v) is 6.88. The Kier molecular flexibility index (Phi) is 6.43. The Labute approximate surface area is 116 Å². The Bertz CT molecular complexity index is 481. The van der Waals surface area contributed by atoms with Crippen molar-refractivity contribution in [2.24, 2.45) is 0 Å². The number of nitrogens with one attached hydrogen (secondary N) is 2. The van der Waals surface area contributed by atoms with E-state index in [9.17, 15) is 13.2 Å². The van der Waals surface area contributed by atoms with Crippen LogP contribution < -0.4 is 10.0 Å². The predicted molar refractivity (Wildman–Crippen MR) is 73.4 cm³/mol. The van der Waals surface area contributed by atoms with Gasteiger partial charge in [0, 0.05) is 13.0 Å². The van der Waals surface area contributed by atoms with E-state index < -0.39 is 10.0 Å². The second-order valence-electron chi connectivity index (χ2n) is 3.94. The third-order valence-electron chi connectivity index (χ3n) is 2.48. The molecule has 1 amide bonds. The normalized spacial score (nSPS) is 13.2. The molecule has 6 nitrogen and oxygen atoms in total. The molecule has 0 bridgehead atoms. The first-order chi connectivity index (χ1) is 8.99. The summed E-state index contributed by atoms with van der Waals surface area (Å²) in [6.45, 7) is 1.76.